The normalized spacial score (nSPS) is 14.6. The second kappa shape index (κ2) is 10.1. The molecule has 3 aromatic rings. The Hall–Kier alpha value is -3.64. The molecule has 1 N–H and O–H groups in total. The molecule has 174 valence electrons. The van der Waals surface area contributed by atoms with Crippen LogP contribution in [0.5, 0.6) is 11.5 Å². The van der Waals surface area contributed by atoms with Crippen molar-refractivity contribution in [2.75, 3.05) is 12.0 Å². The summed E-state index contributed by atoms with van der Waals surface area (Å²) in [5.41, 5.74) is 5.23. The molecule has 0 aliphatic carbocycles. The van der Waals surface area contributed by atoms with Crippen molar-refractivity contribution < 1.29 is 14.3 Å². The molecule has 1 aliphatic rings. The Morgan fingerprint density at radius 3 is 2.50 bits per heavy atom. The van der Waals surface area contributed by atoms with E-state index in [0.29, 0.717) is 23.3 Å². The molecule has 0 spiro atoms. The van der Waals surface area contributed by atoms with Crippen LogP contribution in [0.1, 0.15) is 42.0 Å². The number of anilines is 1. The van der Waals surface area contributed by atoms with Gasteiger partial charge in [0, 0.05) is 5.56 Å². The number of aryl methyl sites for hydroxylation is 1. The fourth-order valence-electron chi connectivity index (χ4n) is 3.81. The van der Waals surface area contributed by atoms with Gasteiger partial charge in [0.05, 0.1) is 12.8 Å². The minimum atomic E-state index is -0.186. The Morgan fingerprint density at radius 1 is 1.06 bits per heavy atom. The van der Waals surface area contributed by atoms with Gasteiger partial charge >= 0.3 is 0 Å². The molecule has 0 saturated carbocycles. The maximum atomic E-state index is 13.1. The first-order valence-corrected chi connectivity index (χ1v) is 11.6. The standard InChI is InChI=1S/C28H28N2O3S/c1-18(2)21-9-11-24(12-10-21)33-17-22-15-20(8-13-26(22)32-4)16-25-27(31)30(28(34)29-25)23-7-5-6-19(3)14-23/h5-16,18H,17H2,1-4H3,(H,29,34)/b25-16+. The summed E-state index contributed by atoms with van der Waals surface area (Å²) in [6, 6.07) is 21.6. The number of rotatable bonds is 7. The minimum absolute atomic E-state index is 0.186. The van der Waals surface area contributed by atoms with Crippen LogP contribution in [0.2, 0.25) is 0 Å². The van der Waals surface area contributed by atoms with Crippen LogP contribution in [0.15, 0.2) is 72.4 Å². The van der Waals surface area contributed by atoms with E-state index in [1.165, 1.54) is 10.5 Å². The lowest BCUT2D eigenvalue weighted by Crippen LogP contribution is -2.30. The van der Waals surface area contributed by atoms with Crippen LogP contribution in [0.25, 0.3) is 6.08 Å². The SMILES string of the molecule is COc1ccc(/C=C2/NC(=S)N(c3cccc(C)c3)C2=O)cc1COc1ccc(C(C)C)cc1. The molecule has 0 atom stereocenters. The van der Waals surface area contributed by atoms with Crippen molar-refractivity contribution >= 4 is 35.0 Å². The largest absolute Gasteiger partial charge is 0.496 e. The monoisotopic (exact) mass is 472 g/mol. The van der Waals surface area contributed by atoms with Gasteiger partial charge in [-0.05, 0) is 84.2 Å². The highest BCUT2D eigenvalue weighted by Crippen LogP contribution is 2.27. The molecule has 34 heavy (non-hydrogen) atoms. The van der Waals surface area contributed by atoms with Crippen molar-refractivity contribution in [2.24, 2.45) is 0 Å². The van der Waals surface area contributed by atoms with Crippen molar-refractivity contribution in [3.8, 4) is 11.5 Å². The van der Waals surface area contributed by atoms with E-state index in [1.54, 1.807) is 13.2 Å². The van der Waals surface area contributed by atoms with Gasteiger partial charge in [0.1, 0.15) is 23.8 Å². The molecule has 4 rings (SSSR count). The molecule has 1 saturated heterocycles. The molecule has 1 fully saturated rings. The minimum Gasteiger partial charge on any atom is -0.496 e. The molecule has 1 heterocycles. The summed E-state index contributed by atoms with van der Waals surface area (Å²) < 4.78 is 11.5. The first kappa shape index (κ1) is 23.5. The Bertz CT molecular complexity index is 1250. The van der Waals surface area contributed by atoms with E-state index >= 15 is 0 Å². The number of thiocarbonyl (C=S) groups is 1. The highest BCUT2D eigenvalue weighted by Gasteiger charge is 2.32. The zero-order valence-corrected chi connectivity index (χ0v) is 20.6. The van der Waals surface area contributed by atoms with Gasteiger partial charge in [0.2, 0.25) is 0 Å². The van der Waals surface area contributed by atoms with E-state index in [9.17, 15) is 4.79 Å². The van der Waals surface area contributed by atoms with Gasteiger partial charge < -0.3 is 14.8 Å². The average molecular weight is 473 g/mol. The molecule has 6 heteroatoms. The predicted molar refractivity (Wildman–Crippen MR) is 140 cm³/mol. The van der Waals surface area contributed by atoms with Crippen molar-refractivity contribution in [3.63, 3.8) is 0 Å². The number of carbonyl (C=O) groups excluding carboxylic acids is 1. The summed E-state index contributed by atoms with van der Waals surface area (Å²) in [6.07, 6.45) is 1.80. The zero-order chi connectivity index (χ0) is 24.2. The lowest BCUT2D eigenvalue weighted by Gasteiger charge is -2.14. The number of amides is 1. The van der Waals surface area contributed by atoms with Gasteiger partial charge in [-0.2, -0.15) is 0 Å². The van der Waals surface area contributed by atoms with Crippen LogP contribution in [0.4, 0.5) is 5.69 Å². The molecule has 3 aromatic carbocycles. The first-order valence-electron chi connectivity index (χ1n) is 11.2. The summed E-state index contributed by atoms with van der Waals surface area (Å²) in [7, 11) is 1.63. The summed E-state index contributed by atoms with van der Waals surface area (Å²) in [6.45, 7) is 6.66. The molecule has 1 aliphatic heterocycles. The third kappa shape index (κ3) is 5.13. The van der Waals surface area contributed by atoms with Crippen molar-refractivity contribution in [3.05, 3.63) is 94.7 Å². The fraction of sp³-hybridized carbons (Fsp3) is 0.214. The number of ether oxygens (including phenoxy) is 2. The second-order valence-electron chi connectivity index (χ2n) is 8.55. The number of carbonyl (C=O) groups is 1. The summed E-state index contributed by atoms with van der Waals surface area (Å²) in [4.78, 5) is 14.6. The van der Waals surface area contributed by atoms with E-state index in [0.717, 1.165) is 33.9 Å². The summed E-state index contributed by atoms with van der Waals surface area (Å²) in [5, 5.41) is 3.41. The van der Waals surface area contributed by atoms with E-state index < -0.39 is 0 Å². The highest BCUT2D eigenvalue weighted by molar-refractivity contribution is 7.80. The van der Waals surface area contributed by atoms with Crippen LogP contribution in [-0.2, 0) is 11.4 Å². The van der Waals surface area contributed by atoms with Gasteiger partial charge in [-0.1, -0.05) is 44.2 Å². The van der Waals surface area contributed by atoms with Gasteiger partial charge in [0.15, 0.2) is 5.11 Å². The Labute approximate surface area is 206 Å². The molecule has 0 radical (unpaired) electrons. The third-order valence-electron chi connectivity index (χ3n) is 5.69. The van der Waals surface area contributed by atoms with Gasteiger partial charge in [-0.15, -0.1) is 0 Å². The van der Waals surface area contributed by atoms with Crippen LogP contribution < -0.4 is 19.7 Å². The number of hydrogen-bond donors (Lipinski definition) is 1. The maximum absolute atomic E-state index is 13.1. The Balaban J connectivity index is 1.54. The second-order valence-corrected chi connectivity index (χ2v) is 8.94. The van der Waals surface area contributed by atoms with E-state index in [2.05, 4.69) is 31.3 Å². The van der Waals surface area contributed by atoms with E-state index in [4.69, 9.17) is 21.7 Å². The maximum Gasteiger partial charge on any atom is 0.281 e. The lowest BCUT2D eigenvalue weighted by atomic mass is 10.0. The van der Waals surface area contributed by atoms with Crippen LogP contribution in [0.3, 0.4) is 0 Å². The molecule has 0 bridgehead atoms. The molecule has 0 aromatic heterocycles. The van der Waals surface area contributed by atoms with Gasteiger partial charge in [-0.25, -0.2) is 0 Å². The zero-order valence-electron chi connectivity index (χ0n) is 19.8. The van der Waals surface area contributed by atoms with E-state index in [1.807, 2.05) is 61.5 Å². The summed E-state index contributed by atoms with van der Waals surface area (Å²) >= 11 is 5.44. The third-order valence-corrected chi connectivity index (χ3v) is 5.98. The number of nitrogens with one attached hydrogen (secondary N) is 1. The molecule has 0 unspecified atom stereocenters. The quantitative estimate of drug-likeness (QED) is 0.339. The number of methoxy groups -OCH3 is 1. The molecule has 1 amide bonds. The van der Waals surface area contributed by atoms with Crippen LogP contribution in [-0.4, -0.2) is 18.1 Å². The van der Waals surface area contributed by atoms with Gasteiger partial charge in [-0.3, -0.25) is 9.69 Å². The van der Waals surface area contributed by atoms with E-state index in [-0.39, 0.29) is 5.91 Å². The lowest BCUT2D eigenvalue weighted by molar-refractivity contribution is -0.113. The predicted octanol–water partition coefficient (Wildman–Crippen LogP) is 5.97. The number of hydrogen-bond acceptors (Lipinski definition) is 4. The van der Waals surface area contributed by atoms with Crippen molar-refractivity contribution in [1.82, 2.24) is 5.32 Å². The van der Waals surface area contributed by atoms with Crippen LogP contribution >= 0.6 is 12.2 Å². The van der Waals surface area contributed by atoms with Crippen molar-refractivity contribution in [2.45, 2.75) is 33.3 Å². The number of benzene rings is 3. The highest BCUT2D eigenvalue weighted by atomic mass is 32.1. The molecular formula is C28H28N2O3S. The Morgan fingerprint density at radius 2 is 1.82 bits per heavy atom. The summed E-state index contributed by atoms with van der Waals surface area (Å²) in [5.74, 6) is 1.81. The topological polar surface area (TPSA) is 50.8 Å². The fourth-order valence-corrected chi connectivity index (χ4v) is 4.11. The average Bonchev–Trinajstić information content (AvgIpc) is 3.10. The molecular weight excluding hydrogens is 444 g/mol. The number of nitrogens with zero attached hydrogens (tertiary/aromatic N) is 1. The smallest absolute Gasteiger partial charge is 0.281 e. The molecule has 5 nitrogen and oxygen atoms in total. The van der Waals surface area contributed by atoms with Crippen LogP contribution in [0, 0.1) is 6.92 Å². The Kier molecular flexibility index (Phi) is 6.98. The van der Waals surface area contributed by atoms with Crippen molar-refractivity contribution in [1.29, 1.82) is 0 Å². The first-order chi connectivity index (χ1) is 16.4. The van der Waals surface area contributed by atoms with Gasteiger partial charge in [0.25, 0.3) is 5.91 Å².